The smallest absolute Gasteiger partial charge is 0.191 e. The second-order valence-electron chi connectivity index (χ2n) is 5.70. The van der Waals surface area contributed by atoms with E-state index in [1.807, 2.05) is 30.9 Å². The van der Waals surface area contributed by atoms with Crippen molar-refractivity contribution in [2.45, 2.75) is 20.4 Å². The van der Waals surface area contributed by atoms with Crippen LogP contribution in [0.1, 0.15) is 19.4 Å². The largest absolute Gasteiger partial charge is 0.380 e. The molecule has 1 aliphatic heterocycles. The van der Waals surface area contributed by atoms with E-state index >= 15 is 0 Å². The highest BCUT2D eigenvalue weighted by molar-refractivity contribution is 14.0. The van der Waals surface area contributed by atoms with Crippen LogP contribution in [0.25, 0.3) is 0 Å². The fourth-order valence-electron chi connectivity index (χ4n) is 2.61. The van der Waals surface area contributed by atoms with Gasteiger partial charge in [-0.05, 0) is 31.5 Å². The number of guanidine groups is 1. The lowest BCUT2D eigenvalue weighted by Gasteiger charge is -2.29. The van der Waals surface area contributed by atoms with E-state index in [-0.39, 0.29) is 29.8 Å². The van der Waals surface area contributed by atoms with Crippen LogP contribution in [0.5, 0.6) is 0 Å². The van der Waals surface area contributed by atoms with Crippen molar-refractivity contribution in [1.29, 1.82) is 0 Å². The van der Waals surface area contributed by atoms with Crippen LogP contribution in [0, 0.1) is 5.82 Å². The fraction of sp³-hybridized carbons (Fsp3) is 0.611. The van der Waals surface area contributed by atoms with Gasteiger partial charge in [0.2, 0.25) is 0 Å². The molecule has 148 valence electrons. The molecule has 0 unspecified atom stereocenters. The first-order chi connectivity index (χ1) is 12.2. The summed E-state index contributed by atoms with van der Waals surface area (Å²) < 4.78 is 25.0. The molecule has 6 nitrogen and oxygen atoms in total. The highest BCUT2D eigenvalue weighted by Gasteiger charge is 2.15. The molecule has 0 radical (unpaired) electrons. The number of morpholine rings is 1. The van der Waals surface area contributed by atoms with Gasteiger partial charge in [0.05, 0.1) is 32.1 Å². The van der Waals surface area contributed by atoms with E-state index in [0.29, 0.717) is 51.2 Å². The van der Waals surface area contributed by atoms with Crippen LogP contribution in [0.2, 0.25) is 0 Å². The molecule has 0 aromatic heterocycles. The molecule has 2 N–H and O–H groups in total. The van der Waals surface area contributed by atoms with Gasteiger partial charge in [0.15, 0.2) is 5.96 Å². The van der Waals surface area contributed by atoms with E-state index in [9.17, 15) is 4.39 Å². The molecule has 26 heavy (non-hydrogen) atoms. The molecule has 0 aliphatic carbocycles. The van der Waals surface area contributed by atoms with Crippen molar-refractivity contribution in [3.63, 3.8) is 0 Å². The SMILES string of the molecule is CCNC(=NCc1ccc(N2CCOCC2)c(F)c1)NCCOCC.I. The van der Waals surface area contributed by atoms with Crippen LogP contribution < -0.4 is 15.5 Å². The van der Waals surface area contributed by atoms with Crippen LogP contribution in [0.15, 0.2) is 23.2 Å². The first kappa shape index (κ1) is 22.9. The zero-order chi connectivity index (χ0) is 17.9. The maximum Gasteiger partial charge on any atom is 0.191 e. The van der Waals surface area contributed by atoms with E-state index in [0.717, 1.165) is 25.2 Å². The Labute approximate surface area is 172 Å². The number of nitrogens with zero attached hydrogens (tertiary/aromatic N) is 2. The lowest BCUT2D eigenvalue weighted by Crippen LogP contribution is -2.39. The van der Waals surface area contributed by atoms with Gasteiger partial charge in [-0.2, -0.15) is 0 Å². The zero-order valence-electron chi connectivity index (χ0n) is 15.6. The van der Waals surface area contributed by atoms with E-state index in [1.54, 1.807) is 6.07 Å². The molecule has 1 fully saturated rings. The Hall–Kier alpha value is -1.13. The Morgan fingerprint density at radius 3 is 2.69 bits per heavy atom. The number of hydrogen-bond donors (Lipinski definition) is 2. The Bertz CT molecular complexity index is 554. The average molecular weight is 480 g/mol. The number of halogens is 2. The van der Waals surface area contributed by atoms with Crippen molar-refractivity contribution in [2.24, 2.45) is 4.99 Å². The fourth-order valence-corrected chi connectivity index (χ4v) is 2.61. The summed E-state index contributed by atoms with van der Waals surface area (Å²) in [5, 5.41) is 6.38. The van der Waals surface area contributed by atoms with Crippen molar-refractivity contribution in [3.8, 4) is 0 Å². The van der Waals surface area contributed by atoms with Crippen LogP contribution in [0.3, 0.4) is 0 Å². The number of benzene rings is 1. The van der Waals surface area contributed by atoms with E-state index in [4.69, 9.17) is 9.47 Å². The van der Waals surface area contributed by atoms with Crippen molar-refractivity contribution in [1.82, 2.24) is 10.6 Å². The van der Waals surface area contributed by atoms with Gasteiger partial charge in [0, 0.05) is 32.8 Å². The minimum absolute atomic E-state index is 0. The summed E-state index contributed by atoms with van der Waals surface area (Å²) in [5.74, 6) is 0.503. The number of anilines is 1. The molecular formula is C18H30FIN4O2. The summed E-state index contributed by atoms with van der Waals surface area (Å²) in [4.78, 5) is 6.52. The second kappa shape index (κ2) is 13.1. The summed E-state index contributed by atoms with van der Waals surface area (Å²) in [6.07, 6.45) is 0. The predicted molar refractivity (Wildman–Crippen MR) is 114 cm³/mol. The molecule has 0 saturated carbocycles. The van der Waals surface area contributed by atoms with Crippen molar-refractivity contribution in [2.75, 3.05) is 57.5 Å². The third-order valence-electron chi connectivity index (χ3n) is 3.87. The molecular weight excluding hydrogens is 450 g/mol. The lowest BCUT2D eigenvalue weighted by molar-refractivity contribution is 0.122. The van der Waals surface area contributed by atoms with Crippen molar-refractivity contribution < 1.29 is 13.9 Å². The highest BCUT2D eigenvalue weighted by atomic mass is 127. The molecule has 1 aliphatic rings. The quantitative estimate of drug-likeness (QED) is 0.259. The highest BCUT2D eigenvalue weighted by Crippen LogP contribution is 2.21. The molecule has 1 aromatic carbocycles. The second-order valence-corrected chi connectivity index (χ2v) is 5.70. The minimum atomic E-state index is -0.205. The number of ether oxygens (including phenoxy) is 2. The lowest BCUT2D eigenvalue weighted by atomic mass is 10.1. The van der Waals surface area contributed by atoms with Crippen LogP contribution in [-0.4, -0.2) is 58.6 Å². The zero-order valence-corrected chi connectivity index (χ0v) is 17.9. The van der Waals surface area contributed by atoms with Gasteiger partial charge in [0.25, 0.3) is 0 Å². The molecule has 1 aromatic rings. The van der Waals surface area contributed by atoms with E-state index in [1.165, 1.54) is 0 Å². The van der Waals surface area contributed by atoms with Gasteiger partial charge in [-0.15, -0.1) is 24.0 Å². The minimum Gasteiger partial charge on any atom is -0.380 e. The number of hydrogen-bond acceptors (Lipinski definition) is 4. The van der Waals surface area contributed by atoms with Gasteiger partial charge in [-0.3, -0.25) is 0 Å². The summed E-state index contributed by atoms with van der Waals surface area (Å²) in [5.41, 5.74) is 1.48. The summed E-state index contributed by atoms with van der Waals surface area (Å²) in [7, 11) is 0. The third-order valence-corrected chi connectivity index (χ3v) is 3.87. The Morgan fingerprint density at radius 1 is 1.27 bits per heavy atom. The summed E-state index contributed by atoms with van der Waals surface area (Å²) in [6.45, 7) is 9.92. The van der Waals surface area contributed by atoms with Crippen LogP contribution in [-0.2, 0) is 16.0 Å². The van der Waals surface area contributed by atoms with E-state index < -0.39 is 0 Å². The molecule has 0 bridgehead atoms. The maximum absolute atomic E-state index is 14.4. The van der Waals surface area contributed by atoms with Gasteiger partial charge in [-0.1, -0.05) is 6.07 Å². The standard InChI is InChI=1S/C18H29FN4O2.HI/c1-3-20-18(21-7-10-24-4-2)22-14-15-5-6-17(16(19)13-15)23-8-11-25-12-9-23;/h5-6,13H,3-4,7-12,14H2,1-2H3,(H2,20,21,22);1H. The average Bonchev–Trinajstić information content (AvgIpc) is 2.64. The first-order valence-electron chi connectivity index (χ1n) is 8.95. The maximum atomic E-state index is 14.4. The van der Waals surface area contributed by atoms with E-state index in [2.05, 4.69) is 15.6 Å². The number of aliphatic imine (C=N–C) groups is 1. The van der Waals surface area contributed by atoms with Gasteiger partial charge < -0.3 is 25.0 Å². The molecule has 2 rings (SSSR count). The molecule has 8 heteroatoms. The molecule has 0 atom stereocenters. The van der Waals surface area contributed by atoms with Gasteiger partial charge >= 0.3 is 0 Å². The Balaban J connectivity index is 0.00000338. The molecule has 0 amide bonds. The normalized spacial score (nSPS) is 14.7. The van der Waals surface area contributed by atoms with Gasteiger partial charge in [-0.25, -0.2) is 9.38 Å². The van der Waals surface area contributed by atoms with Crippen LogP contribution in [0.4, 0.5) is 10.1 Å². The topological polar surface area (TPSA) is 58.1 Å². The first-order valence-corrected chi connectivity index (χ1v) is 8.95. The number of rotatable bonds is 8. The third kappa shape index (κ3) is 7.63. The van der Waals surface area contributed by atoms with Crippen LogP contribution >= 0.6 is 24.0 Å². The van der Waals surface area contributed by atoms with Crippen molar-refractivity contribution >= 4 is 35.6 Å². The molecule has 0 spiro atoms. The predicted octanol–water partition coefficient (Wildman–Crippen LogP) is 2.37. The summed E-state index contributed by atoms with van der Waals surface area (Å²) in [6, 6.07) is 5.33. The monoisotopic (exact) mass is 480 g/mol. The molecule has 1 heterocycles. The molecule has 1 saturated heterocycles. The Kier molecular flexibility index (Phi) is 11.5. The van der Waals surface area contributed by atoms with Crippen molar-refractivity contribution in [3.05, 3.63) is 29.6 Å². The van der Waals surface area contributed by atoms with Gasteiger partial charge in [0.1, 0.15) is 5.82 Å². The Morgan fingerprint density at radius 2 is 2.04 bits per heavy atom. The number of nitrogens with one attached hydrogen (secondary N) is 2. The summed E-state index contributed by atoms with van der Waals surface area (Å²) >= 11 is 0.